The van der Waals surface area contributed by atoms with Crippen LogP contribution in [0.3, 0.4) is 0 Å². The number of hydrogen-bond donors (Lipinski definition) is 0. The van der Waals surface area contributed by atoms with Crippen molar-refractivity contribution >= 4 is 15.7 Å². The normalized spacial score (nSPS) is 14.1. The molecule has 0 aliphatic rings. The number of carbonyl (C=O) groups is 1. The number of hydrogen-bond acceptors (Lipinski definition) is 4. The Hall–Kier alpha value is -2.15. The largest absolute Gasteiger partial charge is 0.341 e. The quantitative estimate of drug-likeness (QED) is 0.774. The highest BCUT2D eigenvalue weighted by molar-refractivity contribution is 7.91. The highest BCUT2D eigenvalue weighted by atomic mass is 32.2. The second-order valence-corrected chi connectivity index (χ2v) is 9.26. The van der Waals surface area contributed by atoms with E-state index in [-0.39, 0.29) is 12.3 Å². The third-order valence-corrected chi connectivity index (χ3v) is 6.87. The Labute approximate surface area is 155 Å². The number of nitrogens with zero attached hydrogens (tertiary/aromatic N) is 3. The van der Waals surface area contributed by atoms with Gasteiger partial charge in [0.05, 0.1) is 23.1 Å². The van der Waals surface area contributed by atoms with Gasteiger partial charge in [0.25, 0.3) is 0 Å². The molecule has 1 aromatic carbocycles. The van der Waals surface area contributed by atoms with Crippen molar-refractivity contribution in [2.45, 2.75) is 45.4 Å². The maximum Gasteiger partial charge on any atom is 0.227 e. The summed E-state index contributed by atoms with van der Waals surface area (Å²) in [5.41, 5.74) is 3.54. The zero-order chi connectivity index (χ0) is 19.6. The number of rotatable bonds is 6. The van der Waals surface area contributed by atoms with Crippen LogP contribution in [0.15, 0.2) is 30.3 Å². The fraction of sp³-hybridized carbons (Fsp3) is 0.474. The van der Waals surface area contributed by atoms with E-state index in [1.807, 2.05) is 48.9 Å². The summed E-state index contributed by atoms with van der Waals surface area (Å²) in [4.78, 5) is 14.2. The number of carbonyl (C=O) groups excluding carboxylic acids is 1. The topological polar surface area (TPSA) is 72.3 Å². The summed E-state index contributed by atoms with van der Waals surface area (Å²) < 4.78 is 25.4. The molecule has 2 rings (SSSR count). The van der Waals surface area contributed by atoms with Crippen molar-refractivity contribution in [3.8, 4) is 5.69 Å². The number of para-hydroxylation sites is 1. The first-order valence-electron chi connectivity index (χ1n) is 8.59. The van der Waals surface area contributed by atoms with Crippen LogP contribution in [0.1, 0.15) is 30.8 Å². The monoisotopic (exact) mass is 377 g/mol. The maximum absolute atomic E-state index is 12.7. The van der Waals surface area contributed by atoms with Gasteiger partial charge in [0.15, 0.2) is 9.84 Å². The third-order valence-electron chi connectivity index (χ3n) is 5.13. The van der Waals surface area contributed by atoms with Crippen LogP contribution in [-0.2, 0) is 21.1 Å². The van der Waals surface area contributed by atoms with Crippen LogP contribution in [0.2, 0.25) is 0 Å². The number of aryl methyl sites for hydroxylation is 1. The van der Waals surface area contributed by atoms with Gasteiger partial charge in [-0.3, -0.25) is 4.79 Å². The summed E-state index contributed by atoms with van der Waals surface area (Å²) in [6.45, 7) is 7.22. The van der Waals surface area contributed by atoms with Crippen molar-refractivity contribution in [1.82, 2.24) is 14.7 Å². The van der Waals surface area contributed by atoms with E-state index in [1.54, 1.807) is 20.9 Å². The van der Waals surface area contributed by atoms with E-state index in [0.29, 0.717) is 0 Å². The summed E-state index contributed by atoms with van der Waals surface area (Å²) in [7, 11) is -1.56. The SMILES string of the molecule is Cc1nn(-c2ccccc2)c(C)c1CC(=O)N(C)C(C)C(C)S(C)(=O)=O. The van der Waals surface area contributed by atoms with E-state index in [9.17, 15) is 13.2 Å². The third kappa shape index (κ3) is 4.15. The zero-order valence-electron chi connectivity index (χ0n) is 16.2. The molecule has 0 fully saturated rings. The molecule has 26 heavy (non-hydrogen) atoms. The van der Waals surface area contributed by atoms with E-state index in [4.69, 9.17) is 0 Å². The van der Waals surface area contributed by atoms with E-state index < -0.39 is 21.1 Å². The predicted molar refractivity (Wildman–Crippen MR) is 103 cm³/mol. The molecule has 0 spiro atoms. The Balaban J connectivity index is 2.23. The average molecular weight is 378 g/mol. The van der Waals surface area contributed by atoms with Gasteiger partial charge in [-0.05, 0) is 39.8 Å². The van der Waals surface area contributed by atoms with Gasteiger partial charge in [0.2, 0.25) is 5.91 Å². The number of aromatic nitrogens is 2. The average Bonchev–Trinajstić information content (AvgIpc) is 2.87. The second-order valence-electron chi connectivity index (χ2n) is 6.85. The first-order chi connectivity index (χ1) is 12.0. The molecule has 1 heterocycles. The van der Waals surface area contributed by atoms with Crippen molar-refractivity contribution in [2.75, 3.05) is 13.3 Å². The molecule has 2 aromatic rings. The highest BCUT2D eigenvalue weighted by Gasteiger charge is 2.29. The molecule has 0 saturated heterocycles. The Morgan fingerprint density at radius 1 is 1.19 bits per heavy atom. The summed E-state index contributed by atoms with van der Waals surface area (Å²) in [5.74, 6) is -0.119. The van der Waals surface area contributed by atoms with E-state index >= 15 is 0 Å². The van der Waals surface area contributed by atoms with Gasteiger partial charge in [-0.2, -0.15) is 5.10 Å². The van der Waals surface area contributed by atoms with Gasteiger partial charge in [-0.15, -0.1) is 0 Å². The Bertz CT molecular complexity index is 888. The van der Waals surface area contributed by atoms with Gasteiger partial charge in [0, 0.05) is 30.6 Å². The molecule has 7 heteroatoms. The first-order valence-corrected chi connectivity index (χ1v) is 10.5. The van der Waals surface area contributed by atoms with Gasteiger partial charge in [0.1, 0.15) is 0 Å². The molecule has 2 unspecified atom stereocenters. The van der Waals surface area contributed by atoms with Crippen molar-refractivity contribution < 1.29 is 13.2 Å². The van der Waals surface area contributed by atoms with Crippen LogP contribution >= 0.6 is 0 Å². The molecule has 0 bridgehead atoms. The fourth-order valence-corrected chi connectivity index (χ4v) is 3.83. The predicted octanol–water partition coefficient (Wildman–Crippen LogP) is 2.31. The van der Waals surface area contributed by atoms with Gasteiger partial charge in [-0.25, -0.2) is 13.1 Å². The minimum Gasteiger partial charge on any atom is -0.341 e. The van der Waals surface area contributed by atoms with Gasteiger partial charge < -0.3 is 4.90 Å². The summed E-state index contributed by atoms with van der Waals surface area (Å²) in [5, 5.41) is 3.94. The molecule has 6 nitrogen and oxygen atoms in total. The van der Waals surface area contributed by atoms with Crippen molar-refractivity contribution in [3.05, 3.63) is 47.3 Å². The molecule has 0 saturated carbocycles. The van der Waals surface area contributed by atoms with Crippen LogP contribution in [0.25, 0.3) is 5.69 Å². The number of amides is 1. The highest BCUT2D eigenvalue weighted by Crippen LogP contribution is 2.20. The van der Waals surface area contributed by atoms with E-state index in [0.717, 1.165) is 22.6 Å². The van der Waals surface area contributed by atoms with Crippen LogP contribution in [-0.4, -0.2) is 53.6 Å². The summed E-state index contributed by atoms with van der Waals surface area (Å²) in [6.07, 6.45) is 1.40. The lowest BCUT2D eigenvalue weighted by atomic mass is 10.1. The standard InChI is InChI=1S/C19H27N3O3S/c1-13-18(15(3)22(20-13)17-10-8-7-9-11-17)12-19(23)21(5)14(2)16(4)26(6,24)25/h7-11,14,16H,12H2,1-6H3. The van der Waals surface area contributed by atoms with Crippen molar-refractivity contribution in [3.63, 3.8) is 0 Å². The lowest BCUT2D eigenvalue weighted by Crippen LogP contribution is -2.45. The minimum absolute atomic E-state index is 0.119. The first kappa shape index (κ1) is 20.2. The molecule has 0 radical (unpaired) electrons. The zero-order valence-corrected chi connectivity index (χ0v) is 17.0. The smallest absolute Gasteiger partial charge is 0.227 e. The molecule has 1 amide bonds. The Morgan fingerprint density at radius 3 is 2.31 bits per heavy atom. The summed E-state index contributed by atoms with van der Waals surface area (Å²) >= 11 is 0. The minimum atomic E-state index is -3.21. The Morgan fingerprint density at radius 2 is 1.77 bits per heavy atom. The Kier molecular flexibility index (Phi) is 5.91. The van der Waals surface area contributed by atoms with E-state index in [1.165, 1.54) is 11.2 Å². The fourth-order valence-electron chi connectivity index (χ4n) is 2.93. The van der Waals surface area contributed by atoms with Crippen LogP contribution in [0.4, 0.5) is 0 Å². The molecule has 142 valence electrons. The lowest BCUT2D eigenvalue weighted by molar-refractivity contribution is -0.130. The molecule has 0 aliphatic carbocycles. The van der Waals surface area contributed by atoms with Gasteiger partial charge in [-0.1, -0.05) is 18.2 Å². The lowest BCUT2D eigenvalue weighted by Gasteiger charge is -2.29. The van der Waals surface area contributed by atoms with Crippen molar-refractivity contribution in [1.29, 1.82) is 0 Å². The van der Waals surface area contributed by atoms with Crippen molar-refractivity contribution in [2.24, 2.45) is 0 Å². The van der Waals surface area contributed by atoms with Gasteiger partial charge >= 0.3 is 0 Å². The number of likely N-dealkylation sites (N-methyl/N-ethyl adjacent to an activating group) is 1. The maximum atomic E-state index is 12.7. The molecule has 0 N–H and O–H groups in total. The van der Waals surface area contributed by atoms with Crippen LogP contribution in [0, 0.1) is 13.8 Å². The van der Waals surface area contributed by atoms with Crippen LogP contribution < -0.4 is 0 Å². The summed E-state index contributed by atoms with van der Waals surface area (Å²) in [6, 6.07) is 9.36. The molecular weight excluding hydrogens is 350 g/mol. The van der Waals surface area contributed by atoms with E-state index in [2.05, 4.69) is 5.10 Å². The number of benzene rings is 1. The molecule has 2 atom stereocenters. The second kappa shape index (κ2) is 7.61. The number of sulfone groups is 1. The van der Waals surface area contributed by atoms with Crippen LogP contribution in [0.5, 0.6) is 0 Å². The molecule has 0 aliphatic heterocycles. The molecular formula is C19H27N3O3S. The molecule has 1 aromatic heterocycles.